The number of nitrogens with one attached hydrogen (secondary N) is 1. The number of Topliss-reactive ketones (excluding diaryl/α,β-unsaturated/α-hetero) is 1. The standard InChI is InChI=1S/C31H35N2O9P/c1-17(34)27(42-31(39)40-16-23-20-11-7-5-9-18(20)19-10-6-8-12-21(19)23)22-15-33(30(38)32-28(22)37)29-26(36)25(35)24(41-29)13-14-43(2,3)4/h5-12,15,23-27,29,35-36H,2,13-14,16H2,1,3-4H3,(H,32,37,38)/t24-,25-,26-,27?,29?/m1/s1. The lowest BCUT2D eigenvalue weighted by Crippen LogP contribution is -2.40. The van der Waals surface area contributed by atoms with Gasteiger partial charge >= 0.3 is 11.8 Å². The monoisotopic (exact) mass is 610 g/mol. The van der Waals surface area contributed by atoms with E-state index in [0.29, 0.717) is 12.6 Å². The fourth-order valence-corrected chi connectivity index (χ4v) is 6.59. The van der Waals surface area contributed by atoms with E-state index in [0.717, 1.165) is 39.9 Å². The fraction of sp³-hybridized carbons (Fsp3) is 0.387. The Kier molecular flexibility index (Phi) is 8.63. The van der Waals surface area contributed by atoms with Gasteiger partial charge in [-0.25, -0.2) is 9.59 Å². The van der Waals surface area contributed by atoms with Gasteiger partial charge in [-0.3, -0.25) is 19.1 Å². The molecule has 43 heavy (non-hydrogen) atoms. The molecule has 2 unspecified atom stereocenters. The van der Waals surface area contributed by atoms with Gasteiger partial charge in [0, 0.05) is 12.1 Å². The summed E-state index contributed by atoms with van der Waals surface area (Å²) in [4.78, 5) is 53.0. The highest BCUT2D eigenvalue weighted by Crippen LogP contribution is 2.44. The molecule has 228 valence electrons. The number of hydrogen-bond acceptors (Lipinski definition) is 9. The molecule has 2 heterocycles. The number of aliphatic hydroxyl groups excluding tert-OH is 2. The van der Waals surface area contributed by atoms with E-state index >= 15 is 0 Å². The SMILES string of the molecule is C=P(C)(C)CC[C@H]1OC(n2cc(C(OC(=O)OCC3c4ccccc4-c4ccccc43)C(C)=O)c(=O)[nH]c2=O)[C@H](O)[C@@H]1O. The molecular formula is C31H35N2O9P. The first kappa shape index (κ1) is 30.7. The number of ketones is 1. The van der Waals surface area contributed by atoms with E-state index in [1.165, 1.54) is 0 Å². The first-order chi connectivity index (χ1) is 20.4. The van der Waals surface area contributed by atoms with E-state index in [1.54, 1.807) is 0 Å². The molecular weight excluding hydrogens is 575 g/mol. The molecule has 1 aromatic heterocycles. The van der Waals surface area contributed by atoms with E-state index in [1.807, 2.05) is 61.9 Å². The summed E-state index contributed by atoms with van der Waals surface area (Å²) < 4.78 is 17.5. The fourth-order valence-electron chi connectivity index (χ4n) is 5.64. The normalized spacial score (nSPS) is 22.1. The smallest absolute Gasteiger partial charge is 0.433 e. The summed E-state index contributed by atoms with van der Waals surface area (Å²) in [6.07, 6.45) is -1.56. The van der Waals surface area contributed by atoms with Crippen molar-refractivity contribution in [3.05, 3.63) is 92.3 Å². The summed E-state index contributed by atoms with van der Waals surface area (Å²) in [6.45, 7) is 3.66. The first-order valence-corrected chi connectivity index (χ1v) is 17.0. The Labute approximate surface area is 248 Å². The van der Waals surface area contributed by atoms with E-state index in [4.69, 9.17) is 14.2 Å². The number of nitrogens with zero attached hydrogens (tertiary/aromatic N) is 1. The van der Waals surface area contributed by atoms with E-state index in [2.05, 4.69) is 11.3 Å². The van der Waals surface area contributed by atoms with E-state index < -0.39 is 60.7 Å². The number of fused-ring (bicyclic) bond motifs is 3. The number of carbonyl (C=O) groups excluding carboxylic acids is 2. The molecule has 0 radical (unpaired) electrons. The number of hydrogen-bond donors (Lipinski definition) is 3. The van der Waals surface area contributed by atoms with Gasteiger partial charge in [-0.15, -0.1) is 13.2 Å². The average molecular weight is 611 g/mol. The highest BCUT2D eigenvalue weighted by molar-refractivity contribution is 7.72. The summed E-state index contributed by atoms with van der Waals surface area (Å²) >= 11 is 0. The second-order valence-electron chi connectivity index (χ2n) is 11.6. The molecule has 2 aliphatic rings. The number of aromatic nitrogens is 2. The lowest BCUT2D eigenvalue weighted by Gasteiger charge is -2.21. The topological polar surface area (TPSA) is 157 Å². The predicted molar refractivity (Wildman–Crippen MR) is 162 cm³/mol. The highest BCUT2D eigenvalue weighted by atomic mass is 31.2. The summed E-state index contributed by atoms with van der Waals surface area (Å²) in [5, 5.41) is 21.3. The van der Waals surface area contributed by atoms with Crippen LogP contribution in [0.15, 0.2) is 64.3 Å². The zero-order valence-electron chi connectivity index (χ0n) is 24.1. The van der Waals surface area contributed by atoms with Crippen LogP contribution in [0, 0.1) is 0 Å². The Hall–Kier alpha value is -3.76. The number of H-pyrrole nitrogens is 1. The molecule has 5 atom stereocenters. The molecule has 5 rings (SSSR count). The predicted octanol–water partition coefficient (Wildman–Crippen LogP) is 2.85. The van der Waals surface area contributed by atoms with Gasteiger partial charge in [0.15, 0.2) is 18.1 Å². The number of rotatable bonds is 9. The molecule has 12 heteroatoms. The van der Waals surface area contributed by atoms with Crippen molar-refractivity contribution in [2.45, 2.75) is 49.9 Å². The Morgan fingerprint density at radius 1 is 1.05 bits per heavy atom. The van der Waals surface area contributed by atoms with Crippen molar-refractivity contribution in [2.24, 2.45) is 0 Å². The number of aromatic amines is 1. The highest BCUT2D eigenvalue weighted by Gasteiger charge is 2.44. The van der Waals surface area contributed by atoms with Crippen molar-refractivity contribution in [2.75, 3.05) is 26.1 Å². The summed E-state index contributed by atoms with van der Waals surface area (Å²) in [6, 6.07) is 15.6. The summed E-state index contributed by atoms with van der Waals surface area (Å²) in [5.74, 6) is -0.950. The van der Waals surface area contributed by atoms with Crippen LogP contribution >= 0.6 is 6.89 Å². The minimum atomic E-state index is -1.71. The van der Waals surface area contributed by atoms with Crippen LogP contribution in [0.3, 0.4) is 0 Å². The van der Waals surface area contributed by atoms with Gasteiger partial charge in [0.1, 0.15) is 18.8 Å². The number of ether oxygens (including phenoxy) is 3. The number of benzene rings is 2. The van der Waals surface area contributed by atoms with Crippen molar-refractivity contribution >= 4 is 25.1 Å². The molecule has 1 aliphatic carbocycles. The molecule has 0 spiro atoms. The second kappa shape index (κ2) is 12.1. The van der Waals surface area contributed by atoms with Crippen molar-refractivity contribution in [3.8, 4) is 11.1 Å². The number of aliphatic hydroxyl groups is 2. The molecule has 0 saturated carbocycles. The second-order valence-corrected chi connectivity index (χ2v) is 16.0. The van der Waals surface area contributed by atoms with Gasteiger partial charge in [0.25, 0.3) is 5.56 Å². The van der Waals surface area contributed by atoms with Gasteiger partial charge < -0.3 is 24.4 Å². The Bertz CT molecular complexity index is 1660. The third-order valence-corrected chi connectivity index (χ3v) is 9.29. The Morgan fingerprint density at radius 2 is 1.65 bits per heavy atom. The maximum atomic E-state index is 12.8. The average Bonchev–Trinajstić information content (AvgIpc) is 3.43. The Morgan fingerprint density at radius 3 is 2.23 bits per heavy atom. The van der Waals surface area contributed by atoms with Crippen molar-refractivity contribution in [3.63, 3.8) is 0 Å². The lowest BCUT2D eigenvalue weighted by molar-refractivity contribution is -0.127. The van der Waals surface area contributed by atoms with E-state index in [9.17, 15) is 29.4 Å². The molecule has 1 saturated heterocycles. The minimum Gasteiger partial charge on any atom is -0.433 e. The lowest BCUT2D eigenvalue weighted by atomic mass is 9.98. The van der Waals surface area contributed by atoms with Crippen LogP contribution in [0.4, 0.5) is 4.79 Å². The summed E-state index contributed by atoms with van der Waals surface area (Å²) in [5.41, 5.74) is 1.80. The van der Waals surface area contributed by atoms with Crippen molar-refractivity contribution in [1.82, 2.24) is 9.55 Å². The van der Waals surface area contributed by atoms with Gasteiger partial charge in [0.2, 0.25) is 0 Å². The van der Waals surface area contributed by atoms with Crippen LogP contribution in [0.25, 0.3) is 11.1 Å². The quantitative estimate of drug-likeness (QED) is 0.245. The molecule has 1 fully saturated rings. The first-order valence-electron chi connectivity index (χ1n) is 13.9. The van der Waals surface area contributed by atoms with Gasteiger partial charge in [0.05, 0.1) is 11.7 Å². The van der Waals surface area contributed by atoms with Gasteiger partial charge in [-0.2, -0.15) is 0 Å². The van der Waals surface area contributed by atoms with Crippen LogP contribution in [-0.4, -0.2) is 82.4 Å². The van der Waals surface area contributed by atoms with Crippen molar-refractivity contribution in [1.29, 1.82) is 0 Å². The molecule has 1 aliphatic heterocycles. The van der Waals surface area contributed by atoms with Crippen LogP contribution in [0.1, 0.15) is 48.3 Å². The number of carbonyl (C=O) groups is 2. The molecule has 0 bridgehead atoms. The van der Waals surface area contributed by atoms with Crippen LogP contribution in [0.2, 0.25) is 0 Å². The third kappa shape index (κ3) is 6.31. The molecule has 3 aromatic rings. The van der Waals surface area contributed by atoms with Crippen LogP contribution in [0.5, 0.6) is 0 Å². The van der Waals surface area contributed by atoms with E-state index in [-0.39, 0.29) is 18.1 Å². The van der Waals surface area contributed by atoms with Crippen molar-refractivity contribution < 1.29 is 34.0 Å². The maximum Gasteiger partial charge on any atom is 0.509 e. The molecule has 0 amide bonds. The Balaban J connectivity index is 1.34. The maximum absolute atomic E-state index is 12.8. The molecule has 3 N–H and O–H groups in total. The van der Waals surface area contributed by atoms with Crippen LogP contribution in [-0.2, 0) is 19.0 Å². The summed E-state index contributed by atoms with van der Waals surface area (Å²) in [7, 11) is 0. The van der Waals surface area contributed by atoms with Gasteiger partial charge in [-0.1, -0.05) is 48.5 Å². The third-order valence-electron chi connectivity index (χ3n) is 7.82. The molecule has 2 aromatic carbocycles. The van der Waals surface area contributed by atoms with Gasteiger partial charge in [-0.05, 0) is 55.1 Å². The zero-order chi connectivity index (χ0) is 31.1. The minimum absolute atomic E-state index is 0.0684. The zero-order valence-corrected chi connectivity index (χ0v) is 25.0. The van der Waals surface area contributed by atoms with Crippen LogP contribution < -0.4 is 11.2 Å². The molecule has 11 nitrogen and oxygen atoms in total. The largest absolute Gasteiger partial charge is 0.509 e.